The number of amides is 1. The molecule has 0 fully saturated rings. The first kappa shape index (κ1) is 15.2. The van der Waals surface area contributed by atoms with Gasteiger partial charge < -0.3 is 14.6 Å². The lowest BCUT2D eigenvalue weighted by atomic mass is 10.1. The molecule has 0 spiro atoms. The molecular formula is C19H20N2O2. The van der Waals surface area contributed by atoms with E-state index in [1.54, 1.807) is 7.11 Å². The van der Waals surface area contributed by atoms with E-state index >= 15 is 0 Å². The number of aryl methyl sites for hydroxylation is 1. The van der Waals surface area contributed by atoms with Crippen LogP contribution in [0.5, 0.6) is 5.75 Å². The Morgan fingerprint density at radius 3 is 2.83 bits per heavy atom. The number of aromatic nitrogens is 1. The van der Waals surface area contributed by atoms with E-state index in [4.69, 9.17) is 4.74 Å². The van der Waals surface area contributed by atoms with Gasteiger partial charge in [0.05, 0.1) is 7.11 Å². The van der Waals surface area contributed by atoms with Crippen molar-refractivity contribution in [3.8, 4) is 5.75 Å². The van der Waals surface area contributed by atoms with Gasteiger partial charge in [-0.1, -0.05) is 18.2 Å². The zero-order valence-electron chi connectivity index (χ0n) is 13.4. The van der Waals surface area contributed by atoms with Gasteiger partial charge in [-0.2, -0.15) is 0 Å². The third kappa shape index (κ3) is 3.21. The number of nitrogens with zero attached hydrogens (tertiary/aromatic N) is 1. The van der Waals surface area contributed by atoms with Crippen LogP contribution in [0.3, 0.4) is 0 Å². The fourth-order valence-electron chi connectivity index (χ4n) is 2.75. The summed E-state index contributed by atoms with van der Waals surface area (Å²) in [6.07, 6.45) is 2.73. The van der Waals surface area contributed by atoms with Crippen molar-refractivity contribution in [3.05, 3.63) is 65.9 Å². The van der Waals surface area contributed by atoms with Crippen LogP contribution in [0.15, 0.2) is 54.7 Å². The van der Waals surface area contributed by atoms with E-state index in [2.05, 4.69) is 5.32 Å². The number of hydrogen-bond acceptors (Lipinski definition) is 2. The maximum atomic E-state index is 12.3. The summed E-state index contributed by atoms with van der Waals surface area (Å²) in [5, 5.41) is 4.04. The number of carbonyl (C=O) groups excluding carboxylic acids is 1. The average Bonchev–Trinajstić information content (AvgIpc) is 2.96. The molecule has 1 amide bonds. The van der Waals surface area contributed by atoms with Crippen LogP contribution in [-0.4, -0.2) is 24.1 Å². The minimum Gasteiger partial charge on any atom is -0.496 e. The summed E-state index contributed by atoms with van der Waals surface area (Å²) >= 11 is 0. The quantitative estimate of drug-likeness (QED) is 0.787. The maximum Gasteiger partial charge on any atom is 0.251 e. The van der Waals surface area contributed by atoms with Crippen LogP contribution in [0.25, 0.3) is 10.9 Å². The molecule has 0 atom stereocenters. The third-order valence-corrected chi connectivity index (χ3v) is 4.02. The van der Waals surface area contributed by atoms with Gasteiger partial charge in [0.25, 0.3) is 5.91 Å². The molecule has 3 aromatic rings. The summed E-state index contributed by atoms with van der Waals surface area (Å²) in [4.78, 5) is 12.3. The average molecular weight is 308 g/mol. The molecule has 118 valence electrons. The van der Waals surface area contributed by atoms with Crippen LogP contribution in [0.4, 0.5) is 0 Å². The van der Waals surface area contributed by atoms with E-state index in [-0.39, 0.29) is 5.91 Å². The summed E-state index contributed by atoms with van der Waals surface area (Å²) in [7, 11) is 3.65. The number of methoxy groups -OCH3 is 1. The molecule has 0 saturated heterocycles. The van der Waals surface area contributed by atoms with E-state index in [0.717, 1.165) is 28.6 Å². The Balaban J connectivity index is 1.64. The molecule has 0 aliphatic rings. The molecule has 2 aromatic carbocycles. The van der Waals surface area contributed by atoms with Crippen LogP contribution < -0.4 is 10.1 Å². The SMILES string of the molecule is COc1ccccc1CCNC(=O)c1ccc2c(ccn2C)c1. The topological polar surface area (TPSA) is 43.3 Å². The number of carbonyl (C=O) groups is 1. The lowest BCUT2D eigenvalue weighted by Gasteiger charge is -2.09. The Hall–Kier alpha value is -2.75. The standard InChI is InChI=1S/C19H20N2O2/c1-21-12-10-15-13-16(7-8-17(15)21)19(22)20-11-9-14-5-3-4-6-18(14)23-2/h3-8,10,12-13H,9,11H2,1-2H3,(H,20,22). The first-order valence-corrected chi connectivity index (χ1v) is 7.64. The third-order valence-electron chi connectivity index (χ3n) is 4.02. The highest BCUT2D eigenvalue weighted by Gasteiger charge is 2.08. The van der Waals surface area contributed by atoms with Crippen molar-refractivity contribution in [1.82, 2.24) is 9.88 Å². The molecule has 1 heterocycles. The lowest BCUT2D eigenvalue weighted by Crippen LogP contribution is -2.25. The van der Waals surface area contributed by atoms with Gasteiger partial charge in [-0.15, -0.1) is 0 Å². The Kier molecular flexibility index (Phi) is 4.33. The van der Waals surface area contributed by atoms with Gasteiger partial charge in [0.15, 0.2) is 0 Å². The van der Waals surface area contributed by atoms with Gasteiger partial charge in [0, 0.05) is 36.3 Å². The van der Waals surface area contributed by atoms with Gasteiger partial charge in [0.1, 0.15) is 5.75 Å². The largest absolute Gasteiger partial charge is 0.496 e. The summed E-state index contributed by atoms with van der Waals surface area (Å²) in [5.74, 6) is 0.804. The van der Waals surface area contributed by atoms with Gasteiger partial charge in [-0.25, -0.2) is 0 Å². The molecule has 3 rings (SSSR count). The fourth-order valence-corrected chi connectivity index (χ4v) is 2.75. The number of benzene rings is 2. The van der Waals surface area contributed by atoms with Crippen molar-refractivity contribution < 1.29 is 9.53 Å². The highest BCUT2D eigenvalue weighted by Crippen LogP contribution is 2.18. The molecular weight excluding hydrogens is 288 g/mol. The Morgan fingerprint density at radius 2 is 2.00 bits per heavy atom. The maximum absolute atomic E-state index is 12.3. The van der Waals surface area contributed by atoms with Gasteiger partial charge in [0.2, 0.25) is 0 Å². The first-order valence-electron chi connectivity index (χ1n) is 7.64. The number of para-hydroxylation sites is 1. The second-order valence-electron chi connectivity index (χ2n) is 5.52. The number of fused-ring (bicyclic) bond motifs is 1. The molecule has 0 aliphatic carbocycles. The van der Waals surface area contributed by atoms with Crippen LogP contribution in [-0.2, 0) is 13.5 Å². The molecule has 0 bridgehead atoms. The summed E-state index contributed by atoms with van der Waals surface area (Å²) in [5.41, 5.74) is 2.90. The van der Waals surface area contributed by atoms with E-state index in [0.29, 0.717) is 12.1 Å². The minimum absolute atomic E-state index is 0.0503. The molecule has 4 heteroatoms. The highest BCUT2D eigenvalue weighted by molar-refractivity contribution is 5.98. The number of ether oxygens (including phenoxy) is 1. The Labute approximate surface area is 135 Å². The zero-order chi connectivity index (χ0) is 16.2. The van der Waals surface area contributed by atoms with Gasteiger partial charge in [-0.3, -0.25) is 4.79 Å². The molecule has 4 nitrogen and oxygen atoms in total. The molecule has 23 heavy (non-hydrogen) atoms. The predicted octanol–water partition coefficient (Wildman–Crippen LogP) is 3.16. The Bertz CT molecular complexity index is 836. The van der Waals surface area contributed by atoms with Gasteiger partial charge >= 0.3 is 0 Å². The van der Waals surface area contributed by atoms with E-state index in [1.165, 1.54) is 0 Å². The monoisotopic (exact) mass is 308 g/mol. The summed E-state index contributed by atoms with van der Waals surface area (Å²) in [6.45, 7) is 0.575. The van der Waals surface area contributed by atoms with Crippen LogP contribution >= 0.6 is 0 Å². The molecule has 1 N–H and O–H groups in total. The fraction of sp³-hybridized carbons (Fsp3) is 0.211. The molecule has 0 aliphatic heterocycles. The molecule has 0 saturated carbocycles. The van der Waals surface area contributed by atoms with Crippen molar-refractivity contribution in [1.29, 1.82) is 0 Å². The van der Waals surface area contributed by atoms with Crippen molar-refractivity contribution in [2.75, 3.05) is 13.7 Å². The predicted molar refractivity (Wildman–Crippen MR) is 92.0 cm³/mol. The summed E-state index contributed by atoms with van der Waals surface area (Å²) in [6, 6.07) is 15.6. The lowest BCUT2D eigenvalue weighted by molar-refractivity contribution is 0.0954. The second kappa shape index (κ2) is 6.57. The van der Waals surface area contributed by atoms with Crippen molar-refractivity contribution in [3.63, 3.8) is 0 Å². The van der Waals surface area contributed by atoms with Crippen LogP contribution in [0.2, 0.25) is 0 Å². The van der Waals surface area contributed by atoms with Crippen molar-refractivity contribution >= 4 is 16.8 Å². The number of nitrogens with one attached hydrogen (secondary N) is 1. The van der Waals surface area contributed by atoms with Crippen molar-refractivity contribution in [2.24, 2.45) is 7.05 Å². The van der Waals surface area contributed by atoms with E-state index in [1.807, 2.05) is 66.3 Å². The van der Waals surface area contributed by atoms with E-state index < -0.39 is 0 Å². The second-order valence-corrected chi connectivity index (χ2v) is 5.52. The van der Waals surface area contributed by atoms with Gasteiger partial charge in [-0.05, 0) is 42.3 Å². The molecule has 0 radical (unpaired) electrons. The smallest absolute Gasteiger partial charge is 0.251 e. The minimum atomic E-state index is -0.0503. The summed E-state index contributed by atoms with van der Waals surface area (Å²) < 4.78 is 7.36. The zero-order valence-corrected chi connectivity index (χ0v) is 13.4. The van der Waals surface area contributed by atoms with Crippen molar-refractivity contribution in [2.45, 2.75) is 6.42 Å². The molecule has 1 aromatic heterocycles. The highest BCUT2D eigenvalue weighted by atomic mass is 16.5. The van der Waals surface area contributed by atoms with Crippen LogP contribution in [0, 0.1) is 0 Å². The van der Waals surface area contributed by atoms with E-state index in [9.17, 15) is 4.79 Å². The normalized spacial score (nSPS) is 10.7. The Morgan fingerprint density at radius 1 is 1.17 bits per heavy atom. The number of rotatable bonds is 5. The molecule has 0 unspecified atom stereocenters. The first-order chi connectivity index (χ1) is 11.2. The van der Waals surface area contributed by atoms with Crippen LogP contribution in [0.1, 0.15) is 15.9 Å². The number of hydrogen-bond donors (Lipinski definition) is 1.